The molecule has 1 aromatic rings. The summed E-state index contributed by atoms with van der Waals surface area (Å²) in [6.07, 6.45) is 2.74. The molecule has 0 atom stereocenters. The van der Waals surface area contributed by atoms with Gasteiger partial charge in [-0.15, -0.1) is 0 Å². The molecule has 0 amide bonds. The van der Waals surface area contributed by atoms with Crippen molar-refractivity contribution < 1.29 is 8.78 Å². The molecule has 0 unspecified atom stereocenters. The molecule has 0 bridgehead atoms. The molecule has 0 aliphatic carbocycles. The first-order valence-corrected chi connectivity index (χ1v) is 3.77. The molecule has 0 aliphatic rings. The topological polar surface area (TPSA) is 52.0 Å². The minimum Gasteiger partial charge on any atom is -0.396 e. The van der Waals surface area contributed by atoms with Crippen LogP contribution in [0, 0.1) is 11.6 Å². The summed E-state index contributed by atoms with van der Waals surface area (Å²) in [5.74, 6) is -1.39. The first-order chi connectivity index (χ1) is 6.16. The molecule has 2 nitrogen and oxygen atoms in total. The van der Waals surface area contributed by atoms with E-state index in [-0.39, 0.29) is 17.8 Å². The summed E-state index contributed by atoms with van der Waals surface area (Å²) >= 11 is 0. The van der Waals surface area contributed by atoms with Crippen molar-refractivity contribution in [2.45, 2.75) is 0 Å². The summed E-state index contributed by atoms with van der Waals surface area (Å²) < 4.78 is 26.1. The highest BCUT2D eigenvalue weighted by Crippen LogP contribution is 2.19. The van der Waals surface area contributed by atoms with Crippen LogP contribution < -0.4 is 11.5 Å². The quantitative estimate of drug-likeness (QED) is 0.684. The molecule has 0 aromatic heterocycles. The van der Waals surface area contributed by atoms with Gasteiger partial charge in [0, 0.05) is 12.1 Å². The lowest BCUT2D eigenvalue weighted by Crippen LogP contribution is -1.97. The van der Waals surface area contributed by atoms with Gasteiger partial charge in [0.25, 0.3) is 0 Å². The van der Waals surface area contributed by atoms with E-state index in [0.29, 0.717) is 0 Å². The van der Waals surface area contributed by atoms with Gasteiger partial charge in [-0.25, -0.2) is 8.78 Å². The third kappa shape index (κ3) is 2.03. The first-order valence-electron chi connectivity index (χ1n) is 3.77. The number of hydrogen-bond donors (Lipinski definition) is 2. The smallest absolute Gasteiger partial charge is 0.156 e. The molecule has 0 heterocycles. The predicted molar refractivity (Wildman–Crippen MR) is 48.9 cm³/mol. The fourth-order valence-corrected chi connectivity index (χ4v) is 0.925. The highest BCUT2D eigenvalue weighted by molar-refractivity contribution is 5.57. The van der Waals surface area contributed by atoms with Crippen molar-refractivity contribution >= 4 is 11.8 Å². The van der Waals surface area contributed by atoms with Gasteiger partial charge in [0.15, 0.2) is 5.82 Å². The summed E-state index contributed by atoms with van der Waals surface area (Å²) in [6, 6.07) is 2.30. The third-order valence-corrected chi connectivity index (χ3v) is 1.58. The molecule has 70 valence electrons. The van der Waals surface area contributed by atoms with Crippen LogP contribution in [0.4, 0.5) is 14.5 Å². The van der Waals surface area contributed by atoms with E-state index < -0.39 is 11.6 Å². The molecule has 1 aromatic carbocycles. The molecule has 0 spiro atoms. The Morgan fingerprint density at radius 2 is 2.00 bits per heavy atom. The van der Waals surface area contributed by atoms with Gasteiger partial charge in [0.1, 0.15) is 5.82 Å². The number of benzene rings is 1. The summed E-state index contributed by atoms with van der Waals surface area (Å²) in [6.45, 7) is 0.230. The lowest BCUT2D eigenvalue weighted by molar-refractivity contribution is 0.581. The largest absolute Gasteiger partial charge is 0.396 e. The number of anilines is 1. The standard InChI is InChI=1S/C9H10F2N2/c10-7-3-4-8(13)9(11)6(7)2-1-5-12/h1-4H,5,12-13H2. The molecule has 4 N–H and O–H groups in total. The second-order valence-electron chi connectivity index (χ2n) is 2.50. The zero-order valence-corrected chi connectivity index (χ0v) is 6.93. The molecule has 0 fully saturated rings. The average Bonchev–Trinajstić information content (AvgIpc) is 2.12. The average molecular weight is 184 g/mol. The van der Waals surface area contributed by atoms with Gasteiger partial charge in [0.05, 0.1) is 5.69 Å². The number of hydrogen-bond acceptors (Lipinski definition) is 2. The zero-order chi connectivity index (χ0) is 9.84. The number of nitrogens with two attached hydrogens (primary N) is 2. The van der Waals surface area contributed by atoms with Crippen LogP contribution >= 0.6 is 0 Å². The Balaban J connectivity index is 3.17. The van der Waals surface area contributed by atoms with E-state index in [1.165, 1.54) is 18.2 Å². The lowest BCUT2D eigenvalue weighted by atomic mass is 10.1. The Morgan fingerprint density at radius 1 is 1.31 bits per heavy atom. The van der Waals surface area contributed by atoms with Gasteiger partial charge >= 0.3 is 0 Å². The minimum absolute atomic E-state index is 0.0712. The van der Waals surface area contributed by atoms with Crippen LogP contribution in [0.2, 0.25) is 0 Å². The van der Waals surface area contributed by atoms with Gasteiger partial charge in [-0.1, -0.05) is 12.2 Å². The fraction of sp³-hybridized carbons (Fsp3) is 0.111. The van der Waals surface area contributed by atoms with Crippen molar-refractivity contribution in [1.82, 2.24) is 0 Å². The Morgan fingerprint density at radius 3 is 2.62 bits per heavy atom. The van der Waals surface area contributed by atoms with Gasteiger partial charge in [-0.3, -0.25) is 0 Å². The normalized spacial score (nSPS) is 11.0. The number of halogens is 2. The van der Waals surface area contributed by atoms with E-state index in [1.807, 2.05) is 0 Å². The second-order valence-corrected chi connectivity index (χ2v) is 2.50. The Hall–Kier alpha value is -1.42. The van der Waals surface area contributed by atoms with Crippen molar-refractivity contribution in [2.24, 2.45) is 5.73 Å². The van der Waals surface area contributed by atoms with E-state index in [4.69, 9.17) is 11.5 Å². The molecule has 13 heavy (non-hydrogen) atoms. The first kappa shape index (κ1) is 9.67. The van der Waals surface area contributed by atoms with Crippen LogP contribution in [0.3, 0.4) is 0 Å². The van der Waals surface area contributed by atoms with Gasteiger partial charge in [-0.05, 0) is 12.1 Å². The fourth-order valence-electron chi connectivity index (χ4n) is 0.925. The second kappa shape index (κ2) is 4.00. The summed E-state index contributed by atoms with van der Waals surface area (Å²) in [7, 11) is 0. The molecule has 0 aliphatic heterocycles. The SMILES string of the molecule is NCC=Cc1c(F)ccc(N)c1F. The summed E-state index contributed by atoms with van der Waals surface area (Å²) in [4.78, 5) is 0. The van der Waals surface area contributed by atoms with E-state index in [2.05, 4.69) is 0 Å². The molecule has 4 heteroatoms. The van der Waals surface area contributed by atoms with Crippen molar-refractivity contribution in [3.63, 3.8) is 0 Å². The van der Waals surface area contributed by atoms with Crippen molar-refractivity contribution in [3.8, 4) is 0 Å². The molecule has 0 saturated carbocycles. The molecular weight excluding hydrogens is 174 g/mol. The zero-order valence-electron chi connectivity index (χ0n) is 6.93. The van der Waals surface area contributed by atoms with Crippen LogP contribution in [0.1, 0.15) is 5.56 Å². The molecule has 1 rings (SSSR count). The monoisotopic (exact) mass is 184 g/mol. The maximum absolute atomic E-state index is 13.1. The Kier molecular flexibility index (Phi) is 2.97. The van der Waals surface area contributed by atoms with Gasteiger partial charge < -0.3 is 11.5 Å². The summed E-state index contributed by atoms with van der Waals surface area (Å²) in [5.41, 5.74) is 10.2. The highest BCUT2D eigenvalue weighted by Gasteiger charge is 2.08. The maximum atomic E-state index is 13.1. The van der Waals surface area contributed by atoms with Crippen LogP contribution in [0.25, 0.3) is 6.08 Å². The Bertz CT molecular complexity index is 335. The van der Waals surface area contributed by atoms with Crippen LogP contribution in [0.5, 0.6) is 0 Å². The minimum atomic E-state index is -0.746. The third-order valence-electron chi connectivity index (χ3n) is 1.58. The number of nitrogen functional groups attached to an aromatic ring is 1. The van der Waals surface area contributed by atoms with E-state index in [1.54, 1.807) is 0 Å². The van der Waals surface area contributed by atoms with Crippen molar-refractivity contribution in [2.75, 3.05) is 12.3 Å². The van der Waals surface area contributed by atoms with Crippen LogP contribution in [-0.2, 0) is 0 Å². The van der Waals surface area contributed by atoms with Crippen LogP contribution in [-0.4, -0.2) is 6.54 Å². The van der Waals surface area contributed by atoms with E-state index in [9.17, 15) is 8.78 Å². The molecular formula is C9H10F2N2. The van der Waals surface area contributed by atoms with E-state index in [0.717, 1.165) is 6.07 Å². The van der Waals surface area contributed by atoms with Gasteiger partial charge in [0.2, 0.25) is 0 Å². The van der Waals surface area contributed by atoms with Crippen molar-refractivity contribution in [1.29, 1.82) is 0 Å². The number of rotatable bonds is 2. The van der Waals surface area contributed by atoms with E-state index >= 15 is 0 Å². The van der Waals surface area contributed by atoms with Gasteiger partial charge in [-0.2, -0.15) is 0 Å². The molecule has 0 saturated heterocycles. The maximum Gasteiger partial charge on any atom is 0.156 e. The summed E-state index contributed by atoms with van der Waals surface area (Å²) in [5, 5.41) is 0. The lowest BCUT2D eigenvalue weighted by Gasteiger charge is -2.01. The van der Waals surface area contributed by atoms with Crippen LogP contribution in [0.15, 0.2) is 18.2 Å². The molecule has 0 radical (unpaired) electrons. The van der Waals surface area contributed by atoms with Crippen molar-refractivity contribution in [3.05, 3.63) is 35.4 Å². The predicted octanol–water partition coefficient (Wildman–Crippen LogP) is 1.52. The Labute approximate surface area is 74.8 Å². The highest BCUT2D eigenvalue weighted by atomic mass is 19.1.